The molecule has 0 spiro atoms. The topological polar surface area (TPSA) is 49.6 Å². The standard InChI is InChI=1S/C7H5N3/c8-4-1-3-7-9-5-2-6-10-7/h1-3,5-6H/b3-1+. The van der Waals surface area contributed by atoms with Crippen molar-refractivity contribution in [3.63, 3.8) is 0 Å². The Kier molecular flexibility index (Phi) is 2.16. The Morgan fingerprint density at radius 1 is 1.40 bits per heavy atom. The molecule has 0 aliphatic carbocycles. The van der Waals surface area contributed by atoms with Gasteiger partial charge in [0.05, 0.1) is 6.07 Å². The summed E-state index contributed by atoms with van der Waals surface area (Å²) in [7, 11) is 0. The molecule has 0 saturated carbocycles. The summed E-state index contributed by atoms with van der Waals surface area (Å²) in [6.07, 6.45) is 6.16. The first-order valence-corrected chi connectivity index (χ1v) is 2.76. The molecule has 1 heterocycles. The average molecular weight is 131 g/mol. The van der Waals surface area contributed by atoms with Gasteiger partial charge in [0.25, 0.3) is 0 Å². The molecule has 0 atom stereocenters. The second kappa shape index (κ2) is 3.36. The third kappa shape index (κ3) is 1.67. The van der Waals surface area contributed by atoms with Gasteiger partial charge in [-0.15, -0.1) is 0 Å². The van der Waals surface area contributed by atoms with Crippen molar-refractivity contribution in [3.05, 3.63) is 30.4 Å². The minimum Gasteiger partial charge on any atom is -0.237 e. The Bertz CT molecular complexity index is 258. The van der Waals surface area contributed by atoms with E-state index < -0.39 is 0 Å². The van der Waals surface area contributed by atoms with Crippen molar-refractivity contribution >= 4 is 6.08 Å². The number of allylic oxidation sites excluding steroid dienone is 1. The molecule has 1 aromatic heterocycles. The van der Waals surface area contributed by atoms with Crippen molar-refractivity contribution in [3.8, 4) is 6.07 Å². The molecule has 0 N–H and O–H groups in total. The molecule has 48 valence electrons. The second-order valence-electron chi connectivity index (χ2n) is 1.57. The Labute approximate surface area is 58.7 Å². The van der Waals surface area contributed by atoms with Crippen LogP contribution in [0.15, 0.2) is 24.5 Å². The monoisotopic (exact) mass is 131 g/mol. The van der Waals surface area contributed by atoms with Crippen LogP contribution in [-0.4, -0.2) is 9.97 Å². The van der Waals surface area contributed by atoms with Crippen LogP contribution in [0.2, 0.25) is 0 Å². The Hall–Kier alpha value is -1.69. The van der Waals surface area contributed by atoms with E-state index in [9.17, 15) is 0 Å². The first-order chi connectivity index (χ1) is 4.93. The van der Waals surface area contributed by atoms with Crippen LogP contribution in [0.5, 0.6) is 0 Å². The lowest BCUT2D eigenvalue weighted by molar-refractivity contribution is 1.13. The summed E-state index contributed by atoms with van der Waals surface area (Å²) < 4.78 is 0. The maximum absolute atomic E-state index is 8.14. The Morgan fingerprint density at radius 2 is 2.10 bits per heavy atom. The number of rotatable bonds is 1. The summed E-state index contributed by atoms with van der Waals surface area (Å²) >= 11 is 0. The molecule has 3 heteroatoms. The minimum atomic E-state index is 0.559. The lowest BCUT2D eigenvalue weighted by atomic mass is 10.5. The molecule has 0 aliphatic heterocycles. The molecule has 0 unspecified atom stereocenters. The maximum atomic E-state index is 8.14. The minimum absolute atomic E-state index is 0.559. The van der Waals surface area contributed by atoms with Crippen LogP contribution < -0.4 is 0 Å². The highest BCUT2D eigenvalue weighted by Gasteiger charge is 1.82. The molecule has 3 nitrogen and oxygen atoms in total. The third-order valence-corrected chi connectivity index (χ3v) is 0.893. The predicted octanol–water partition coefficient (Wildman–Crippen LogP) is 1.01. The van der Waals surface area contributed by atoms with Crippen molar-refractivity contribution in [1.82, 2.24) is 9.97 Å². The van der Waals surface area contributed by atoms with Crippen molar-refractivity contribution in [1.29, 1.82) is 5.26 Å². The van der Waals surface area contributed by atoms with Crippen LogP contribution in [0, 0.1) is 11.3 Å². The zero-order chi connectivity index (χ0) is 7.23. The predicted molar refractivity (Wildman–Crippen MR) is 36.7 cm³/mol. The molecule has 1 aromatic rings. The largest absolute Gasteiger partial charge is 0.237 e. The number of nitriles is 1. The van der Waals surface area contributed by atoms with Crippen LogP contribution in [0.1, 0.15) is 5.82 Å². The van der Waals surface area contributed by atoms with Gasteiger partial charge in [-0.25, -0.2) is 9.97 Å². The summed E-state index contributed by atoms with van der Waals surface area (Å²) in [4.78, 5) is 7.73. The summed E-state index contributed by atoms with van der Waals surface area (Å²) in [6, 6.07) is 3.58. The van der Waals surface area contributed by atoms with Gasteiger partial charge < -0.3 is 0 Å². The van der Waals surface area contributed by atoms with E-state index in [2.05, 4.69) is 9.97 Å². The highest BCUT2D eigenvalue weighted by molar-refractivity contribution is 5.42. The number of hydrogen-bond acceptors (Lipinski definition) is 3. The smallest absolute Gasteiger partial charge is 0.152 e. The Balaban J connectivity index is 2.79. The van der Waals surface area contributed by atoms with Gasteiger partial charge in [-0.3, -0.25) is 0 Å². The van der Waals surface area contributed by atoms with Crippen molar-refractivity contribution in [2.24, 2.45) is 0 Å². The van der Waals surface area contributed by atoms with E-state index in [0.717, 1.165) is 0 Å². The van der Waals surface area contributed by atoms with Crippen LogP contribution in [0.25, 0.3) is 6.08 Å². The van der Waals surface area contributed by atoms with E-state index >= 15 is 0 Å². The van der Waals surface area contributed by atoms with Gasteiger partial charge in [0.1, 0.15) is 0 Å². The van der Waals surface area contributed by atoms with Crippen molar-refractivity contribution in [2.75, 3.05) is 0 Å². The van der Waals surface area contributed by atoms with Gasteiger partial charge in [-0.1, -0.05) is 0 Å². The summed E-state index contributed by atoms with van der Waals surface area (Å²) in [5, 5.41) is 8.14. The van der Waals surface area contributed by atoms with Crippen molar-refractivity contribution in [2.45, 2.75) is 0 Å². The van der Waals surface area contributed by atoms with Crippen LogP contribution in [-0.2, 0) is 0 Å². The lowest BCUT2D eigenvalue weighted by Crippen LogP contribution is -1.81. The average Bonchev–Trinajstić information content (AvgIpc) is 2.03. The zero-order valence-electron chi connectivity index (χ0n) is 5.23. The zero-order valence-corrected chi connectivity index (χ0v) is 5.23. The SMILES string of the molecule is N#C/C=C/c1ncccn1. The molecule has 0 aliphatic rings. The van der Waals surface area contributed by atoms with Gasteiger partial charge in [-0.2, -0.15) is 5.26 Å². The van der Waals surface area contributed by atoms with E-state index in [-0.39, 0.29) is 0 Å². The highest BCUT2D eigenvalue weighted by atomic mass is 14.8. The summed E-state index contributed by atoms with van der Waals surface area (Å²) in [5.74, 6) is 0.559. The first kappa shape index (κ1) is 6.43. The van der Waals surface area contributed by atoms with E-state index in [1.54, 1.807) is 24.5 Å². The van der Waals surface area contributed by atoms with E-state index in [0.29, 0.717) is 5.82 Å². The molecule has 10 heavy (non-hydrogen) atoms. The lowest BCUT2D eigenvalue weighted by Gasteiger charge is -1.84. The maximum Gasteiger partial charge on any atom is 0.152 e. The molecule has 0 aromatic carbocycles. The van der Waals surface area contributed by atoms with Gasteiger partial charge in [0.2, 0.25) is 0 Å². The fourth-order valence-electron chi connectivity index (χ4n) is 0.508. The quantitative estimate of drug-likeness (QED) is 0.534. The van der Waals surface area contributed by atoms with E-state index in [4.69, 9.17) is 5.26 Å². The molecular formula is C7H5N3. The second-order valence-corrected chi connectivity index (χ2v) is 1.57. The molecule has 0 bridgehead atoms. The normalized spacial score (nSPS) is 9.50. The highest BCUT2D eigenvalue weighted by Crippen LogP contribution is 1.88. The van der Waals surface area contributed by atoms with E-state index in [1.165, 1.54) is 6.08 Å². The molecule has 1 rings (SSSR count). The molecule has 0 radical (unpaired) electrons. The van der Waals surface area contributed by atoms with Crippen LogP contribution >= 0.6 is 0 Å². The van der Waals surface area contributed by atoms with Crippen LogP contribution in [0.4, 0.5) is 0 Å². The molecular weight excluding hydrogens is 126 g/mol. The number of hydrogen-bond donors (Lipinski definition) is 0. The molecule has 0 fully saturated rings. The Morgan fingerprint density at radius 3 is 2.70 bits per heavy atom. The molecule has 0 saturated heterocycles. The summed E-state index contributed by atoms with van der Waals surface area (Å²) in [5.41, 5.74) is 0. The molecule has 0 amide bonds. The van der Waals surface area contributed by atoms with Crippen LogP contribution in [0.3, 0.4) is 0 Å². The summed E-state index contributed by atoms with van der Waals surface area (Å²) in [6.45, 7) is 0. The van der Waals surface area contributed by atoms with Crippen molar-refractivity contribution < 1.29 is 0 Å². The van der Waals surface area contributed by atoms with E-state index in [1.807, 2.05) is 6.07 Å². The third-order valence-electron chi connectivity index (χ3n) is 0.893. The fourth-order valence-corrected chi connectivity index (χ4v) is 0.508. The fraction of sp³-hybridized carbons (Fsp3) is 0. The van der Waals surface area contributed by atoms with Gasteiger partial charge >= 0.3 is 0 Å². The number of aromatic nitrogens is 2. The number of nitrogens with zero attached hydrogens (tertiary/aromatic N) is 3. The van der Waals surface area contributed by atoms with Gasteiger partial charge in [-0.05, 0) is 12.1 Å². The van der Waals surface area contributed by atoms with Gasteiger partial charge in [0, 0.05) is 18.5 Å². The van der Waals surface area contributed by atoms with Gasteiger partial charge in [0.15, 0.2) is 5.82 Å². The first-order valence-electron chi connectivity index (χ1n) is 2.76.